The van der Waals surface area contributed by atoms with Gasteiger partial charge in [0, 0.05) is 24.3 Å². The van der Waals surface area contributed by atoms with E-state index in [1.807, 2.05) is 0 Å². The Morgan fingerprint density at radius 3 is 2.95 bits per heavy atom. The van der Waals surface area contributed by atoms with Crippen molar-refractivity contribution in [1.29, 1.82) is 0 Å². The average Bonchev–Trinajstić information content (AvgIpc) is 2.97. The maximum Gasteiger partial charge on any atom is 0.226 e. The molecule has 2 fully saturated rings. The molecule has 122 valence electrons. The third-order valence-corrected chi connectivity index (χ3v) is 6.74. The topological polar surface area (TPSA) is 32.3 Å². The van der Waals surface area contributed by atoms with Crippen molar-refractivity contribution >= 4 is 29.0 Å². The summed E-state index contributed by atoms with van der Waals surface area (Å²) in [6, 6.07) is 2.62. The molecule has 22 heavy (non-hydrogen) atoms. The Balaban J connectivity index is 1.73. The van der Waals surface area contributed by atoms with Crippen molar-refractivity contribution in [1.82, 2.24) is 10.2 Å². The third-order valence-electron chi connectivity index (χ3n) is 5.18. The van der Waals surface area contributed by atoms with Gasteiger partial charge in [0.1, 0.15) is 0 Å². The van der Waals surface area contributed by atoms with E-state index >= 15 is 0 Å². The summed E-state index contributed by atoms with van der Waals surface area (Å²) in [4.78, 5) is 15.2. The number of carbonyl (C=O) groups is 1. The molecule has 1 aliphatic carbocycles. The second kappa shape index (κ2) is 6.93. The van der Waals surface area contributed by atoms with Gasteiger partial charge in [0.2, 0.25) is 5.91 Å². The minimum Gasteiger partial charge on any atom is -0.335 e. The molecule has 3 nitrogen and oxygen atoms in total. The summed E-state index contributed by atoms with van der Waals surface area (Å²) >= 11 is 3.49. The van der Waals surface area contributed by atoms with Crippen LogP contribution in [0.15, 0.2) is 16.8 Å². The normalized spacial score (nSPS) is 24.2. The van der Waals surface area contributed by atoms with Crippen LogP contribution in [0, 0.1) is 11.3 Å². The van der Waals surface area contributed by atoms with E-state index in [2.05, 4.69) is 40.2 Å². The Labute approximate surface area is 141 Å². The summed E-state index contributed by atoms with van der Waals surface area (Å²) in [5.41, 5.74) is 1.70. The molecule has 0 radical (unpaired) electrons. The van der Waals surface area contributed by atoms with Crippen LogP contribution in [0.1, 0.15) is 31.7 Å². The van der Waals surface area contributed by atoms with Gasteiger partial charge in [-0.05, 0) is 66.4 Å². The molecule has 1 amide bonds. The average molecular weight is 339 g/mol. The molecule has 1 saturated carbocycles. The third kappa shape index (κ3) is 3.36. The first-order valence-electron chi connectivity index (χ1n) is 8.17. The van der Waals surface area contributed by atoms with Crippen molar-refractivity contribution in [2.24, 2.45) is 11.3 Å². The zero-order valence-corrected chi connectivity index (χ0v) is 15.1. The van der Waals surface area contributed by atoms with Gasteiger partial charge in [-0.2, -0.15) is 23.1 Å². The van der Waals surface area contributed by atoms with E-state index < -0.39 is 0 Å². The SMILES string of the molecule is CSCC(C)C(=O)N(Cc1ccsc1)C1CC12CCNCC2. The van der Waals surface area contributed by atoms with Gasteiger partial charge in [-0.1, -0.05) is 6.92 Å². The smallest absolute Gasteiger partial charge is 0.226 e. The number of hydrogen-bond acceptors (Lipinski definition) is 4. The van der Waals surface area contributed by atoms with Crippen LogP contribution in [0.5, 0.6) is 0 Å². The first-order chi connectivity index (χ1) is 10.7. The first kappa shape index (κ1) is 16.3. The monoisotopic (exact) mass is 338 g/mol. The summed E-state index contributed by atoms with van der Waals surface area (Å²) in [6.45, 7) is 5.09. The molecular formula is C17H26N2OS2. The molecule has 2 aliphatic rings. The number of nitrogens with one attached hydrogen (secondary N) is 1. The molecule has 2 heterocycles. The summed E-state index contributed by atoms with van der Waals surface area (Å²) in [7, 11) is 0. The van der Waals surface area contributed by atoms with Crippen molar-refractivity contribution in [3.8, 4) is 0 Å². The van der Waals surface area contributed by atoms with Crippen LogP contribution >= 0.6 is 23.1 Å². The lowest BCUT2D eigenvalue weighted by atomic mass is 9.93. The standard InChI is InChI=1S/C17H26N2OS2/c1-13(11-21-2)16(20)19(10-14-3-8-22-12-14)15-9-17(15)4-6-18-7-5-17/h3,8,12-13,15,18H,4-7,9-11H2,1-2H3. The molecule has 1 N–H and O–H groups in total. The fourth-order valence-corrected chi connectivity index (χ4v) is 5.06. The molecule has 2 atom stereocenters. The van der Waals surface area contributed by atoms with Crippen molar-refractivity contribution in [2.45, 2.75) is 38.8 Å². The van der Waals surface area contributed by atoms with Crippen LogP contribution in [0.4, 0.5) is 0 Å². The minimum atomic E-state index is 0.119. The van der Waals surface area contributed by atoms with Gasteiger partial charge in [-0.3, -0.25) is 4.79 Å². The number of carbonyl (C=O) groups excluding carboxylic acids is 1. The lowest BCUT2D eigenvalue weighted by Crippen LogP contribution is -2.41. The van der Waals surface area contributed by atoms with E-state index in [1.165, 1.54) is 24.8 Å². The fraction of sp³-hybridized carbons (Fsp3) is 0.706. The van der Waals surface area contributed by atoms with Gasteiger partial charge in [0.05, 0.1) is 0 Å². The molecule has 1 aromatic heterocycles. The van der Waals surface area contributed by atoms with Crippen molar-refractivity contribution in [3.63, 3.8) is 0 Å². The minimum absolute atomic E-state index is 0.119. The Morgan fingerprint density at radius 2 is 2.32 bits per heavy atom. The Bertz CT molecular complexity index is 497. The quantitative estimate of drug-likeness (QED) is 0.864. The second-order valence-corrected chi connectivity index (χ2v) is 8.48. The van der Waals surface area contributed by atoms with Crippen LogP contribution in [0.2, 0.25) is 0 Å². The van der Waals surface area contributed by atoms with E-state index in [1.54, 1.807) is 23.1 Å². The number of thioether (sulfide) groups is 1. The van der Waals surface area contributed by atoms with Crippen molar-refractivity contribution < 1.29 is 4.79 Å². The van der Waals surface area contributed by atoms with Gasteiger partial charge in [0.25, 0.3) is 0 Å². The molecule has 0 bridgehead atoms. The first-order valence-corrected chi connectivity index (χ1v) is 10.5. The van der Waals surface area contributed by atoms with Crippen LogP contribution in [-0.4, -0.2) is 41.9 Å². The summed E-state index contributed by atoms with van der Waals surface area (Å²) in [5, 5.41) is 7.74. The number of amides is 1. The summed E-state index contributed by atoms with van der Waals surface area (Å²) in [5.74, 6) is 1.38. The largest absolute Gasteiger partial charge is 0.335 e. The Kier molecular flexibility index (Phi) is 5.15. The van der Waals surface area contributed by atoms with Crippen LogP contribution in [0.25, 0.3) is 0 Å². The molecule has 1 saturated heterocycles. The van der Waals surface area contributed by atoms with Crippen molar-refractivity contribution in [3.05, 3.63) is 22.4 Å². The van der Waals surface area contributed by atoms with Crippen LogP contribution in [-0.2, 0) is 11.3 Å². The van der Waals surface area contributed by atoms with E-state index in [-0.39, 0.29) is 5.92 Å². The molecule has 0 aromatic carbocycles. The Morgan fingerprint density at radius 1 is 1.55 bits per heavy atom. The molecule has 5 heteroatoms. The Hall–Kier alpha value is -0.520. The highest BCUT2D eigenvalue weighted by atomic mass is 32.2. The van der Waals surface area contributed by atoms with Crippen LogP contribution in [0.3, 0.4) is 0 Å². The lowest BCUT2D eigenvalue weighted by Gasteiger charge is -2.31. The fourth-order valence-electron chi connectivity index (χ4n) is 3.75. The summed E-state index contributed by atoms with van der Waals surface area (Å²) < 4.78 is 0. The highest BCUT2D eigenvalue weighted by Gasteiger charge is 2.57. The maximum atomic E-state index is 13.0. The molecule has 1 aliphatic heterocycles. The second-order valence-electron chi connectivity index (χ2n) is 6.79. The summed E-state index contributed by atoms with van der Waals surface area (Å²) in [6.07, 6.45) is 5.74. The zero-order valence-electron chi connectivity index (χ0n) is 13.5. The molecule has 2 unspecified atom stereocenters. The lowest BCUT2D eigenvalue weighted by molar-refractivity contribution is -0.136. The predicted octanol–water partition coefficient (Wildman–Crippen LogP) is 3.22. The van der Waals surface area contributed by atoms with Gasteiger partial charge in [-0.15, -0.1) is 0 Å². The number of piperidine rings is 1. The van der Waals surface area contributed by atoms with E-state index in [0.717, 1.165) is 25.4 Å². The van der Waals surface area contributed by atoms with Gasteiger partial charge < -0.3 is 10.2 Å². The van der Waals surface area contributed by atoms with Gasteiger partial charge in [0.15, 0.2) is 0 Å². The predicted molar refractivity (Wildman–Crippen MR) is 95.4 cm³/mol. The molecule has 3 rings (SSSR count). The molecule has 1 aromatic rings. The van der Waals surface area contributed by atoms with Crippen LogP contribution < -0.4 is 5.32 Å². The zero-order chi connectivity index (χ0) is 15.6. The number of hydrogen-bond donors (Lipinski definition) is 1. The number of nitrogens with zero attached hydrogens (tertiary/aromatic N) is 1. The highest BCUT2D eigenvalue weighted by Crippen LogP contribution is 2.56. The maximum absolute atomic E-state index is 13.0. The van der Waals surface area contributed by atoms with Crippen molar-refractivity contribution in [2.75, 3.05) is 25.1 Å². The van der Waals surface area contributed by atoms with E-state index in [4.69, 9.17) is 0 Å². The molecular weight excluding hydrogens is 312 g/mol. The number of thiophene rings is 1. The van der Waals surface area contributed by atoms with E-state index in [9.17, 15) is 4.79 Å². The van der Waals surface area contributed by atoms with E-state index in [0.29, 0.717) is 17.4 Å². The highest BCUT2D eigenvalue weighted by molar-refractivity contribution is 7.98. The number of rotatable bonds is 6. The van der Waals surface area contributed by atoms with Gasteiger partial charge in [-0.25, -0.2) is 0 Å². The molecule has 1 spiro atoms. The van der Waals surface area contributed by atoms with Gasteiger partial charge >= 0.3 is 0 Å².